The van der Waals surface area contributed by atoms with Crippen LogP contribution < -0.4 is 11.1 Å². The Bertz CT molecular complexity index is 474. The van der Waals surface area contributed by atoms with Gasteiger partial charge in [0.25, 0.3) is 0 Å². The van der Waals surface area contributed by atoms with E-state index in [1.165, 1.54) is 0 Å². The second-order valence-electron chi connectivity index (χ2n) is 4.38. The van der Waals surface area contributed by atoms with E-state index in [0.717, 1.165) is 11.8 Å². The van der Waals surface area contributed by atoms with E-state index < -0.39 is 16.8 Å². The largest absolute Gasteiger partial charge is 0.480 e. The van der Waals surface area contributed by atoms with Crippen LogP contribution in [0.2, 0.25) is 0 Å². The van der Waals surface area contributed by atoms with Crippen LogP contribution in [-0.4, -0.2) is 43.7 Å². The third kappa shape index (κ3) is 4.52. The number of aryl methyl sites for hydroxylation is 1. The first-order valence-corrected chi connectivity index (χ1v) is 6.43. The van der Waals surface area contributed by atoms with Crippen molar-refractivity contribution in [2.24, 2.45) is 5.73 Å². The van der Waals surface area contributed by atoms with Crippen LogP contribution in [0.25, 0.3) is 0 Å². The molecule has 0 radical (unpaired) electrons. The van der Waals surface area contributed by atoms with Gasteiger partial charge in [-0.05, 0) is 13.8 Å². The topological polar surface area (TPSA) is 131 Å². The lowest BCUT2D eigenvalue weighted by molar-refractivity contribution is -0.139. The molecule has 0 saturated carbocycles. The van der Waals surface area contributed by atoms with Crippen LogP contribution >= 0.6 is 11.8 Å². The predicted molar refractivity (Wildman–Crippen MR) is 69.8 cm³/mol. The highest BCUT2D eigenvalue weighted by molar-refractivity contribution is 8.01. The summed E-state index contributed by atoms with van der Waals surface area (Å²) in [6.45, 7) is 4.94. The summed E-state index contributed by atoms with van der Waals surface area (Å²) in [6.07, 6.45) is 0. The molecule has 0 aliphatic heterocycles. The van der Waals surface area contributed by atoms with Crippen LogP contribution in [0.15, 0.2) is 4.42 Å². The number of nitrogens with one attached hydrogen (secondary N) is 1. The van der Waals surface area contributed by atoms with E-state index >= 15 is 0 Å². The SMILES string of the molecule is Cc1nnc(NC(=O)CSC(C)(C)[C@@H](N)C(=O)O)o1. The highest BCUT2D eigenvalue weighted by Gasteiger charge is 2.33. The third-order valence-corrected chi connectivity index (χ3v) is 3.77. The maximum atomic E-state index is 11.6. The Morgan fingerprint density at radius 1 is 1.53 bits per heavy atom. The van der Waals surface area contributed by atoms with Crippen molar-refractivity contribution in [2.45, 2.75) is 31.6 Å². The summed E-state index contributed by atoms with van der Waals surface area (Å²) < 4.78 is 4.22. The Hall–Kier alpha value is -1.61. The van der Waals surface area contributed by atoms with Gasteiger partial charge in [0.15, 0.2) is 0 Å². The van der Waals surface area contributed by atoms with Gasteiger partial charge in [0.05, 0.1) is 5.75 Å². The molecule has 0 spiro atoms. The van der Waals surface area contributed by atoms with E-state index in [-0.39, 0.29) is 17.7 Å². The number of hydrogen-bond donors (Lipinski definition) is 3. The zero-order valence-corrected chi connectivity index (χ0v) is 11.7. The fourth-order valence-corrected chi connectivity index (χ4v) is 2.00. The highest BCUT2D eigenvalue weighted by Crippen LogP contribution is 2.27. The van der Waals surface area contributed by atoms with Crippen molar-refractivity contribution in [3.05, 3.63) is 5.89 Å². The summed E-state index contributed by atoms with van der Waals surface area (Å²) in [5.41, 5.74) is 5.54. The number of thioether (sulfide) groups is 1. The summed E-state index contributed by atoms with van der Waals surface area (Å²) in [5.74, 6) is -1.09. The van der Waals surface area contributed by atoms with Gasteiger partial charge < -0.3 is 15.3 Å². The van der Waals surface area contributed by atoms with Gasteiger partial charge in [-0.1, -0.05) is 5.10 Å². The number of amides is 1. The normalized spacial score (nSPS) is 13.1. The van der Waals surface area contributed by atoms with Crippen molar-refractivity contribution < 1.29 is 19.1 Å². The highest BCUT2D eigenvalue weighted by atomic mass is 32.2. The molecule has 1 heterocycles. The summed E-state index contributed by atoms with van der Waals surface area (Å²) in [7, 11) is 0. The van der Waals surface area contributed by atoms with Gasteiger partial charge in [0, 0.05) is 11.7 Å². The number of nitrogens with two attached hydrogens (primary N) is 1. The molecule has 8 nitrogen and oxygen atoms in total. The first-order chi connectivity index (χ1) is 8.72. The molecule has 19 heavy (non-hydrogen) atoms. The maximum Gasteiger partial charge on any atom is 0.322 e. The molecule has 0 fully saturated rings. The maximum absolute atomic E-state index is 11.6. The molecule has 1 aromatic heterocycles. The number of carboxylic acid groups (broad SMARTS) is 1. The molecular formula is C10H16N4O4S. The van der Waals surface area contributed by atoms with Crippen LogP contribution in [0.4, 0.5) is 6.01 Å². The Morgan fingerprint density at radius 2 is 2.16 bits per heavy atom. The van der Waals surface area contributed by atoms with Crippen molar-refractivity contribution in [3.8, 4) is 0 Å². The quantitative estimate of drug-likeness (QED) is 0.678. The number of carbonyl (C=O) groups is 2. The molecule has 1 aromatic rings. The number of anilines is 1. The fourth-order valence-electron chi connectivity index (χ4n) is 1.14. The van der Waals surface area contributed by atoms with Crippen molar-refractivity contribution in [3.63, 3.8) is 0 Å². The average Bonchev–Trinajstić information content (AvgIpc) is 2.71. The van der Waals surface area contributed by atoms with Gasteiger partial charge in [0.1, 0.15) is 6.04 Å². The second-order valence-corrected chi connectivity index (χ2v) is 6.01. The zero-order valence-electron chi connectivity index (χ0n) is 10.8. The van der Waals surface area contributed by atoms with Gasteiger partial charge in [-0.15, -0.1) is 16.9 Å². The lowest BCUT2D eigenvalue weighted by atomic mass is 10.1. The number of carboxylic acids is 1. The van der Waals surface area contributed by atoms with E-state index in [1.807, 2.05) is 0 Å². The van der Waals surface area contributed by atoms with Crippen molar-refractivity contribution in [2.75, 3.05) is 11.1 Å². The van der Waals surface area contributed by atoms with Gasteiger partial charge in [-0.2, -0.15) is 0 Å². The number of aromatic nitrogens is 2. The second kappa shape index (κ2) is 6.02. The predicted octanol–water partition coefficient (Wildman–Crippen LogP) is 0.240. The summed E-state index contributed by atoms with van der Waals surface area (Å²) in [6, 6.07) is -1.04. The molecule has 106 valence electrons. The number of nitrogens with zero attached hydrogens (tertiary/aromatic N) is 2. The van der Waals surface area contributed by atoms with Crippen molar-refractivity contribution in [1.29, 1.82) is 0 Å². The Labute approximate surface area is 114 Å². The average molecular weight is 288 g/mol. The standard InChI is InChI=1S/C10H16N4O4S/c1-5-13-14-9(18-5)12-6(15)4-19-10(2,3)7(11)8(16)17/h7H,4,11H2,1-3H3,(H,16,17)(H,12,14,15)/t7-/m0/s1. The molecule has 0 saturated heterocycles. The molecule has 0 unspecified atom stereocenters. The Morgan fingerprint density at radius 3 is 2.63 bits per heavy atom. The first kappa shape index (κ1) is 15.4. The van der Waals surface area contributed by atoms with Crippen LogP contribution in [-0.2, 0) is 9.59 Å². The molecule has 1 atom stereocenters. The van der Waals surface area contributed by atoms with Gasteiger partial charge in [-0.3, -0.25) is 14.9 Å². The van der Waals surface area contributed by atoms with Crippen LogP contribution in [0.5, 0.6) is 0 Å². The molecule has 1 rings (SSSR count). The minimum absolute atomic E-state index is 0.0171. The molecule has 4 N–H and O–H groups in total. The zero-order chi connectivity index (χ0) is 14.6. The fraction of sp³-hybridized carbons (Fsp3) is 0.600. The number of hydrogen-bond acceptors (Lipinski definition) is 7. The van der Waals surface area contributed by atoms with Gasteiger partial charge in [0.2, 0.25) is 11.8 Å². The number of carbonyl (C=O) groups excluding carboxylic acids is 1. The van der Waals surface area contributed by atoms with E-state index in [1.54, 1.807) is 20.8 Å². The Balaban J connectivity index is 2.48. The molecule has 1 amide bonds. The first-order valence-electron chi connectivity index (χ1n) is 5.44. The van der Waals surface area contributed by atoms with E-state index in [4.69, 9.17) is 15.3 Å². The summed E-state index contributed by atoms with van der Waals surface area (Å²) in [4.78, 5) is 22.4. The monoisotopic (exact) mass is 288 g/mol. The molecule has 0 aromatic carbocycles. The Kier molecular flexibility index (Phi) is 4.90. The smallest absolute Gasteiger partial charge is 0.322 e. The van der Waals surface area contributed by atoms with E-state index in [9.17, 15) is 9.59 Å². The van der Waals surface area contributed by atoms with Crippen LogP contribution in [0.1, 0.15) is 19.7 Å². The molecule has 9 heteroatoms. The molecule has 0 aliphatic rings. The summed E-state index contributed by atoms with van der Waals surface area (Å²) >= 11 is 1.14. The summed E-state index contributed by atoms with van der Waals surface area (Å²) in [5, 5.41) is 18.4. The molecule has 0 aliphatic carbocycles. The molecular weight excluding hydrogens is 272 g/mol. The number of aliphatic carboxylic acids is 1. The van der Waals surface area contributed by atoms with E-state index in [2.05, 4.69) is 15.5 Å². The number of rotatable bonds is 6. The molecule has 0 bridgehead atoms. The lowest BCUT2D eigenvalue weighted by Gasteiger charge is -2.27. The van der Waals surface area contributed by atoms with Crippen molar-refractivity contribution in [1.82, 2.24) is 10.2 Å². The minimum atomic E-state index is -1.11. The minimum Gasteiger partial charge on any atom is -0.480 e. The van der Waals surface area contributed by atoms with Crippen molar-refractivity contribution >= 4 is 29.7 Å². The van der Waals surface area contributed by atoms with Gasteiger partial charge >= 0.3 is 12.0 Å². The van der Waals surface area contributed by atoms with Crippen LogP contribution in [0.3, 0.4) is 0 Å². The van der Waals surface area contributed by atoms with E-state index in [0.29, 0.717) is 5.89 Å². The lowest BCUT2D eigenvalue weighted by Crippen LogP contribution is -2.47. The van der Waals surface area contributed by atoms with Gasteiger partial charge in [-0.25, -0.2) is 0 Å². The van der Waals surface area contributed by atoms with Crippen LogP contribution in [0, 0.1) is 6.92 Å². The third-order valence-electron chi connectivity index (χ3n) is 2.36.